The fourth-order valence-corrected chi connectivity index (χ4v) is 3.93. The first-order valence-corrected chi connectivity index (χ1v) is 8.83. The number of furan rings is 1. The molecule has 0 saturated heterocycles. The molecule has 0 spiro atoms. The quantitative estimate of drug-likeness (QED) is 0.433. The summed E-state index contributed by atoms with van der Waals surface area (Å²) in [6.07, 6.45) is 1.79. The first-order valence-electron chi connectivity index (χ1n) is 8.83. The van der Waals surface area contributed by atoms with Crippen molar-refractivity contribution in [3.63, 3.8) is 0 Å². The van der Waals surface area contributed by atoms with Gasteiger partial charge in [-0.2, -0.15) is 5.26 Å². The Hall–Kier alpha value is -3.12. The van der Waals surface area contributed by atoms with Gasteiger partial charge in [-0.1, -0.05) is 32.0 Å². The Morgan fingerprint density at radius 2 is 1.85 bits per heavy atom. The van der Waals surface area contributed by atoms with E-state index < -0.39 is 0 Å². The summed E-state index contributed by atoms with van der Waals surface area (Å²) in [6, 6.07) is 14.3. The normalized spacial score (nSPS) is 11.4. The predicted molar refractivity (Wildman–Crippen MR) is 105 cm³/mol. The molecule has 0 aliphatic carbocycles. The van der Waals surface area contributed by atoms with Gasteiger partial charge in [-0.25, -0.2) is 0 Å². The van der Waals surface area contributed by atoms with Gasteiger partial charge in [0.15, 0.2) is 5.58 Å². The van der Waals surface area contributed by atoms with Gasteiger partial charge in [0.05, 0.1) is 11.3 Å². The van der Waals surface area contributed by atoms with E-state index in [2.05, 4.69) is 50.9 Å². The van der Waals surface area contributed by atoms with E-state index in [0.29, 0.717) is 17.1 Å². The van der Waals surface area contributed by atoms with Gasteiger partial charge in [-0.15, -0.1) is 0 Å². The monoisotopic (exact) mass is 340 g/mol. The van der Waals surface area contributed by atoms with Crippen molar-refractivity contribution in [3.05, 3.63) is 64.8 Å². The standard InChI is InChI=1S/C23H20N2O/c1-13(2)19-15(4)11-16(12-24)22-21(19)17-9-8-14(3)20(23(17)26-22)18-7-5-6-10-25-18/h5-11,13H,1-4H3. The molecule has 0 bridgehead atoms. The minimum absolute atomic E-state index is 0.339. The van der Waals surface area contributed by atoms with Crippen LogP contribution in [0.4, 0.5) is 0 Å². The zero-order valence-corrected chi connectivity index (χ0v) is 15.4. The lowest BCUT2D eigenvalue weighted by Crippen LogP contribution is -1.95. The van der Waals surface area contributed by atoms with Crippen molar-refractivity contribution in [2.24, 2.45) is 0 Å². The van der Waals surface area contributed by atoms with Crippen molar-refractivity contribution in [1.82, 2.24) is 4.98 Å². The molecule has 2 aromatic carbocycles. The number of aromatic nitrogens is 1. The Bertz CT molecular complexity index is 1180. The maximum absolute atomic E-state index is 9.63. The summed E-state index contributed by atoms with van der Waals surface area (Å²) in [6.45, 7) is 8.50. The minimum Gasteiger partial charge on any atom is -0.454 e. The highest BCUT2D eigenvalue weighted by atomic mass is 16.3. The molecule has 2 aromatic heterocycles. The average molecular weight is 340 g/mol. The summed E-state index contributed by atoms with van der Waals surface area (Å²) in [5, 5.41) is 11.7. The molecule has 0 saturated carbocycles. The van der Waals surface area contributed by atoms with Crippen molar-refractivity contribution >= 4 is 21.9 Å². The number of nitrogens with zero attached hydrogens (tertiary/aromatic N) is 2. The fourth-order valence-electron chi connectivity index (χ4n) is 3.93. The Morgan fingerprint density at radius 1 is 1.04 bits per heavy atom. The van der Waals surface area contributed by atoms with Crippen molar-refractivity contribution in [2.45, 2.75) is 33.6 Å². The van der Waals surface area contributed by atoms with Crippen LogP contribution in [0.5, 0.6) is 0 Å². The van der Waals surface area contributed by atoms with Crippen molar-refractivity contribution < 1.29 is 4.42 Å². The van der Waals surface area contributed by atoms with Crippen LogP contribution >= 0.6 is 0 Å². The molecular weight excluding hydrogens is 320 g/mol. The molecule has 0 aliphatic heterocycles. The summed E-state index contributed by atoms with van der Waals surface area (Å²) >= 11 is 0. The maximum Gasteiger partial charge on any atom is 0.153 e. The molecule has 0 aliphatic rings. The summed E-state index contributed by atoms with van der Waals surface area (Å²) in [5.41, 5.74) is 7.44. The summed E-state index contributed by atoms with van der Waals surface area (Å²) in [7, 11) is 0. The second kappa shape index (κ2) is 6.00. The molecule has 128 valence electrons. The van der Waals surface area contributed by atoms with Gasteiger partial charge < -0.3 is 4.42 Å². The topological polar surface area (TPSA) is 49.8 Å². The van der Waals surface area contributed by atoms with Gasteiger partial charge in [0, 0.05) is 22.5 Å². The Balaban J connectivity index is 2.23. The third-order valence-corrected chi connectivity index (χ3v) is 4.99. The highest BCUT2D eigenvalue weighted by Gasteiger charge is 2.22. The number of hydrogen-bond donors (Lipinski definition) is 0. The first kappa shape index (κ1) is 16.4. The van der Waals surface area contributed by atoms with E-state index in [-0.39, 0.29) is 0 Å². The smallest absolute Gasteiger partial charge is 0.153 e. The van der Waals surface area contributed by atoms with Gasteiger partial charge >= 0.3 is 0 Å². The lowest BCUT2D eigenvalue weighted by molar-refractivity contribution is 0.667. The van der Waals surface area contributed by atoms with Crippen molar-refractivity contribution in [2.75, 3.05) is 0 Å². The van der Waals surface area contributed by atoms with Crippen LogP contribution in [0.15, 0.2) is 47.0 Å². The van der Waals surface area contributed by atoms with E-state index in [1.165, 1.54) is 5.56 Å². The number of benzene rings is 2. The Kier molecular flexibility index (Phi) is 3.77. The highest BCUT2D eigenvalue weighted by molar-refractivity contribution is 6.13. The zero-order valence-electron chi connectivity index (χ0n) is 15.4. The number of nitriles is 1. The first-order chi connectivity index (χ1) is 12.5. The van der Waals surface area contributed by atoms with E-state index in [1.54, 1.807) is 6.20 Å². The van der Waals surface area contributed by atoms with Crippen LogP contribution in [0.3, 0.4) is 0 Å². The van der Waals surface area contributed by atoms with E-state index in [1.807, 2.05) is 24.3 Å². The maximum atomic E-state index is 9.63. The summed E-state index contributed by atoms with van der Waals surface area (Å²) < 4.78 is 6.32. The number of pyridine rings is 1. The minimum atomic E-state index is 0.339. The van der Waals surface area contributed by atoms with Gasteiger partial charge in [0.1, 0.15) is 11.7 Å². The summed E-state index contributed by atoms with van der Waals surface area (Å²) in [4.78, 5) is 4.52. The predicted octanol–water partition coefficient (Wildman–Crippen LogP) is 6.26. The third kappa shape index (κ3) is 2.30. The van der Waals surface area contributed by atoms with E-state index in [9.17, 15) is 5.26 Å². The SMILES string of the molecule is Cc1ccc2c(oc3c(C#N)cc(C)c(C(C)C)c32)c1-c1ccccn1. The molecule has 2 heterocycles. The van der Waals surface area contributed by atoms with Crippen LogP contribution < -0.4 is 0 Å². The number of hydrogen-bond acceptors (Lipinski definition) is 3. The van der Waals surface area contributed by atoms with Gasteiger partial charge in [-0.05, 0) is 54.7 Å². The second-order valence-electron chi connectivity index (χ2n) is 7.08. The molecule has 3 nitrogen and oxygen atoms in total. The third-order valence-electron chi connectivity index (χ3n) is 4.99. The largest absolute Gasteiger partial charge is 0.454 e. The van der Waals surface area contributed by atoms with E-state index in [4.69, 9.17) is 4.42 Å². The molecule has 26 heavy (non-hydrogen) atoms. The van der Waals surface area contributed by atoms with E-state index in [0.717, 1.165) is 38.7 Å². The van der Waals surface area contributed by atoms with Crippen LogP contribution in [0, 0.1) is 25.2 Å². The molecule has 3 heteroatoms. The average Bonchev–Trinajstić information content (AvgIpc) is 3.00. The lowest BCUT2D eigenvalue weighted by Gasteiger charge is -2.12. The molecule has 4 aromatic rings. The van der Waals surface area contributed by atoms with E-state index >= 15 is 0 Å². The van der Waals surface area contributed by atoms with Gasteiger partial charge in [-0.3, -0.25) is 4.98 Å². The second-order valence-corrected chi connectivity index (χ2v) is 7.08. The van der Waals surface area contributed by atoms with Crippen molar-refractivity contribution in [3.8, 4) is 17.3 Å². The molecular formula is C23H20N2O. The molecule has 0 fully saturated rings. The van der Waals surface area contributed by atoms with Crippen LogP contribution in [-0.2, 0) is 0 Å². The molecule has 0 N–H and O–H groups in total. The van der Waals surface area contributed by atoms with Crippen LogP contribution in [0.1, 0.15) is 42.0 Å². The molecule has 4 rings (SSSR count). The Morgan fingerprint density at radius 3 is 2.50 bits per heavy atom. The molecule has 0 unspecified atom stereocenters. The number of fused-ring (bicyclic) bond motifs is 3. The number of rotatable bonds is 2. The summed E-state index contributed by atoms with van der Waals surface area (Å²) in [5.74, 6) is 0.339. The fraction of sp³-hybridized carbons (Fsp3) is 0.217. The molecule has 0 radical (unpaired) electrons. The molecule has 0 amide bonds. The van der Waals surface area contributed by atoms with Crippen LogP contribution in [0.25, 0.3) is 33.2 Å². The zero-order chi connectivity index (χ0) is 18.4. The lowest BCUT2D eigenvalue weighted by atomic mass is 9.90. The highest BCUT2D eigenvalue weighted by Crippen LogP contribution is 2.42. The number of aryl methyl sites for hydroxylation is 2. The molecule has 0 atom stereocenters. The van der Waals surface area contributed by atoms with Gasteiger partial charge in [0.25, 0.3) is 0 Å². The Labute approximate surface area is 152 Å². The van der Waals surface area contributed by atoms with Crippen LogP contribution in [-0.4, -0.2) is 4.98 Å². The van der Waals surface area contributed by atoms with Gasteiger partial charge in [0.2, 0.25) is 0 Å². The van der Waals surface area contributed by atoms with Crippen molar-refractivity contribution in [1.29, 1.82) is 5.26 Å². The van der Waals surface area contributed by atoms with Crippen LogP contribution in [0.2, 0.25) is 0 Å².